The van der Waals surface area contributed by atoms with E-state index in [-0.39, 0.29) is 0 Å². The molecule has 0 spiro atoms. The van der Waals surface area contributed by atoms with Crippen molar-refractivity contribution in [3.8, 4) is 0 Å². The lowest BCUT2D eigenvalue weighted by molar-refractivity contribution is 0.245. The van der Waals surface area contributed by atoms with Gasteiger partial charge in [0.1, 0.15) is 0 Å². The number of nitrogens with zero attached hydrogens (tertiary/aromatic N) is 1. The van der Waals surface area contributed by atoms with Gasteiger partial charge in [-0.3, -0.25) is 4.90 Å². The van der Waals surface area contributed by atoms with Crippen molar-refractivity contribution in [3.05, 3.63) is 70.8 Å². The normalized spacial score (nSPS) is 15.3. The van der Waals surface area contributed by atoms with Crippen LogP contribution in [0.15, 0.2) is 48.5 Å². The number of benzene rings is 2. The van der Waals surface area contributed by atoms with Gasteiger partial charge in [-0.15, -0.1) is 0 Å². The van der Waals surface area contributed by atoms with E-state index in [1.807, 2.05) is 0 Å². The van der Waals surface area contributed by atoms with Gasteiger partial charge >= 0.3 is 0 Å². The van der Waals surface area contributed by atoms with Crippen LogP contribution in [0.3, 0.4) is 0 Å². The molecule has 0 saturated carbocycles. The predicted octanol–water partition coefficient (Wildman–Crippen LogP) is 4.37. The highest BCUT2D eigenvalue weighted by Crippen LogP contribution is 2.28. The molecule has 0 N–H and O–H groups in total. The zero-order valence-electron chi connectivity index (χ0n) is 12.5. The van der Waals surface area contributed by atoms with Crippen LogP contribution in [0.25, 0.3) is 0 Å². The topological polar surface area (TPSA) is 3.24 Å². The molecule has 1 aliphatic heterocycles. The summed E-state index contributed by atoms with van der Waals surface area (Å²) in [5, 5.41) is 0. The molecule has 2 aromatic carbocycles. The Morgan fingerprint density at radius 3 is 2.55 bits per heavy atom. The highest BCUT2D eigenvalue weighted by Gasteiger charge is 2.19. The van der Waals surface area contributed by atoms with Crippen LogP contribution in [0.2, 0.25) is 0 Å². The molecule has 0 unspecified atom stereocenters. The maximum atomic E-state index is 2.56. The van der Waals surface area contributed by atoms with E-state index in [1.54, 1.807) is 11.1 Å². The molecule has 104 valence electrons. The molecule has 1 heteroatoms. The van der Waals surface area contributed by atoms with Gasteiger partial charge in [0.15, 0.2) is 0 Å². The number of rotatable bonds is 3. The zero-order valence-corrected chi connectivity index (χ0v) is 12.5. The van der Waals surface area contributed by atoms with E-state index in [0.29, 0.717) is 5.92 Å². The number of hydrogen-bond donors (Lipinski definition) is 0. The van der Waals surface area contributed by atoms with E-state index in [4.69, 9.17) is 0 Å². The van der Waals surface area contributed by atoms with Crippen molar-refractivity contribution in [1.82, 2.24) is 4.90 Å². The lowest BCUT2D eigenvalue weighted by Gasteiger charge is -2.31. The van der Waals surface area contributed by atoms with Gasteiger partial charge in [-0.05, 0) is 34.6 Å². The zero-order chi connectivity index (χ0) is 13.9. The van der Waals surface area contributed by atoms with Gasteiger partial charge in [0.2, 0.25) is 0 Å². The minimum atomic E-state index is 0.630. The van der Waals surface area contributed by atoms with E-state index in [2.05, 4.69) is 67.3 Å². The van der Waals surface area contributed by atoms with E-state index >= 15 is 0 Å². The third-order valence-electron chi connectivity index (χ3n) is 4.25. The molecule has 1 aliphatic rings. The molecular weight excluding hydrogens is 242 g/mol. The predicted molar refractivity (Wildman–Crippen MR) is 84.8 cm³/mol. The fourth-order valence-corrected chi connectivity index (χ4v) is 3.21. The Kier molecular flexibility index (Phi) is 3.88. The molecule has 0 amide bonds. The first-order valence-corrected chi connectivity index (χ1v) is 7.61. The van der Waals surface area contributed by atoms with Gasteiger partial charge in [0.25, 0.3) is 0 Å². The van der Waals surface area contributed by atoms with Gasteiger partial charge in [-0.25, -0.2) is 0 Å². The second-order valence-electron chi connectivity index (χ2n) is 6.09. The first-order chi connectivity index (χ1) is 9.74. The Morgan fingerprint density at radius 1 is 1.00 bits per heavy atom. The summed E-state index contributed by atoms with van der Waals surface area (Å²) in [6.45, 7) is 7.92. The van der Waals surface area contributed by atoms with Crippen LogP contribution in [0, 0.1) is 0 Å². The molecule has 0 aromatic heterocycles. The SMILES string of the molecule is CC(C)c1cccc2c1CCN(Cc1ccccc1)C2. The Balaban J connectivity index is 1.77. The first kappa shape index (κ1) is 13.4. The molecular formula is C19H23N. The molecule has 20 heavy (non-hydrogen) atoms. The van der Waals surface area contributed by atoms with Crippen LogP contribution in [-0.2, 0) is 19.5 Å². The number of fused-ring (bicyclic) bond motifs is 1. The largest absolute Gasteiger partial charge is 0.294 e. The van der Waals surface area contributed by atoms with Crippen molar-refractivity contribution in [2.45, 2.75) is 39.3 Å². The second kappa shape index (κ2) is 5.80. The summed E-state index contributed by atoms with van der Waals surface area (Å²) in [7, 11) is 0. The van der Waals surface area contributed by atoms with Crippen LogP contribution >= 0.6 is 0 Å². The lowest BCUT2D eigenvalue weighted by atomic mass is 9.89. The highest BCUT2D eigenvalue weighted by molar-refractivity contribution is 5.38. The molecule has 0 aliphatic carbocycles. The average Bonchev–Trinajstić information content (AvgIpc) is 2.47. The summed E-state index contributed by atoms with van der Waals surface area (Å²) in [5.41, 5.74) is 6.09. The monoisotopic (exact) mass is 265 g/mol. The molecule has 1 heterocycles. The summed E-state index contributed by atoms with van der Waals surface area (Å²) in [5.74, 6) is 0.630. The Morgan fingerprint density at radius 2 is 1.80 bits per heavy atom. The van der Waals surface area contributed by atoms with Crippen LogP contribution in [0.5, 0.6) is 0 Å². The smallest absolute Gasteiger partial charge is 0.0240 e. The molecule has 2 aromatic rings. The summed E-state index contributed by atoms with van der Waals surface area (Å²) in [6.07, 6.45) is 1.19. The van der Waals surface area contributed by atoms with E-state index in [9.17, 15) is 0 Å². The molecule has 1 nitrogen and oxygen atoms in total. The molecule has 0 saturated heterocycles. The minimum absolute atomic E-state index is 0.630. The molecule has 3 rings (SSSR count). The Bertz CT molecular complexity index is 572. The van der Waals surface area contributed by atoms with Gasteiger partial charge in [-0.2, -0.15) is 0 Å². The third-order valence-corrected chi connectivity index (χ3v) is 4.25. The van der Waals surface area contributed by atoms with Crippen LogP contribution in [0.4, 0.5) is 0 Å². The van der Waals surface area contributed by atoms with Crippen molar-refractivity contribution < 1.29 is 0 Å². The molecule has 0 radical (unpaired) electrons. The second-order valence-corrected chi connectivity index (χ2v) is 6.09. The average molecular weight is 265 g/mol. The maximum Gasteiger partial charge on any atom is 0.0240 e. The van der Waals surface area contributed by atoms with E-state index in [1.165, 1.54) is 24.1 Å². The number of hydrogen-bond acceptors (Lipinski definition) is 1. The fraction of sp³-hybridized carbons (Fsp3) is 0.368. The lowest BCUT2D eigenvalue weighted by Crippen LogP contribution is -2.30. The van der Waals surface area contributed by atoms with Gasteiger partial charge in [0, 0.05) is 19.6 Å². The summed E-state index contributed by atoms with van der Waals surface area (Å²) >= 11 is 0. The van der Waals surface area contributed by atoms with Gasteiger partial charge in [0.05, 0.1) is 0 Å². The summed E-state index contributed by atoms with van der Waals surface area (Å²) < 4.78 is 0. The van der Waals surface area contributed by atoms with Crippen molar-refractivity contribution >= 4 is 0 Å². The van der Waals surface area contributed by atoms with Crippen LogP contribution < -0.4 is 0 Å². The van der Waals surface area contributed by atoms with Crippen molar-refractivity contribution in [3.63, 3.8) is 0 Å². The molecule has 0 bridgehead atoms. The van der Waals surface area contributed by atoms with Crippen LogP contribution in [-0.4, -0.2) is 11.4 Å². The molecule has 0 fully saturated rings. The third kappa shape index (κ3) is 2.78. The minimum Gasteiger partial charge on any atom is -0.294 e. The summed E-state index contributed by atoms with van der Waals surface area (Å²) in [6, 6.07) is 17.6. The summed E-state index contributed by atoms with van der Waals surface area (Å²) in [4.78, 5) is 2.56. The fourth-order valence-electron chi connectivity index (χ4n) is 3.21. The van der Waals surface area contributed by atoms with Gasteiger partial charge in [-0.1, -0.05) is 62.4 Å². The van der Waals surface area contributed by atoms with Gasteiger partial charge < -0.3 is 0 Å². The maximum absolute atomic E-state index is 2.56. The highest BCUT2D eigenvalue weighted by atomic mass is 15.1. The van der Waals surface area contributed by atoms with E-state index in [0.717, 1.165) is 13.1 Å². The van der Waals surface area contributed by atoms with Crippen molar-refractivity contribution in [2.75, 3.05) is 6.54 Å². The van der Waals surface area contributed by atoms with Crippen molar-refractivity contribution in [2.24, 2.45) is 0 Å². The Hall–Kier alpha value is -1.60. The standard InChI is InChI=1S/C19H23N/c1-15(2)18-10-6-9-17-14-20(12-11-19(17)18)13-16-7-4-3-5-8-16/h3-10,15H,11-14H2,1-2H3. The van der Waals surface area contributed by atoms with Crippen molar-refractivity contribution in [1.29, 1.82) is 0 Å². The molecule has 0 atom stereocenters. The van der Waals surface area contributed by atoms with E-state index < -0.39 is 0 Å². The quantitative estimate of drug-likeness (QED) is 0.796. The first-order valence-electron chi connectivity index (χ1n) is 7.61. The Labute approximate surface area is 122 Å². The van der Waals surface area contributed by atoms with Crippen LogP contribution in [0.1, 0.15) is 42.0 Å².